The Balaban J connectivity index is 3.20. The third-order valence-corrected chi connectivity index (χ3v) is 2.12. The maximum atomic E-state index is 13.2. The molecule has 0 saturated heterocycles. The molecule has 0 saturated carbocycles. The first-order valence-corrected chi connectivity index (χ1v) is 4.79. The number of hydrogen-bond donors (Lipinski definition) is 1. The molecule has 0 spiro atoms. The first-order valence-electron chi connectivity index (χ1n) is 4.79. The second-order valence-electron chi connectivity index (χ2n) is 3.51. The molecule has 1 atom stereocenters. The molecule has 1 nitrogen and oxygen atoms in total. The van der Waals surface area contributed by atoms with Gasteiger partial charge in [0.15, 0.2) is 23.3 Å². The lowest BCUT2D eigenvalue weighted by Crippen LogP contribution is -2.18. The minimum atomic E-state index is -2.16. The number of benzene rings is 1. The Morgan fingerprint density at radius 1 is 1.00 bits per heavy atom. The Morgan fingerprint density at radius 3 is 1.82 bits per heavy atom. The van der Waals surface area contributed by atoms with E-state index in [1.54, 1.807) is 0 Å². The third-order valence-electron chi connectivity index (χ3n) is 2.12. The van der Waals surface area contributed by atoms with Crippen LogP contribution in [0.1, 0.15) is 13.3 Å². The molecule has 1 unspecified atom stereocenters. The zero-order valence-corrected chi connectivity index (χ0v) is 8.96. The molecular weight excluding hydrogens is 241 g/mol. The van der Waals surface area contributed by atoms with Crippen molar-refractivity contribution in [2.24, 2.45) is 0 Å². The number of nitrogens with one attached hydrogen (secondary N) is 1. The van der Waals surface area contributed by atoms with E-state index < -0.39 is 40.8 Å². The second-order valence-corrected chi connectivity index (χ2v) is 3.51. The lowest BCUT2D eigenvalue weighted by Gasteiger charge is -2.15. The van der Waals surface area contributed by atoms with Crippen molar-refractivity contribution in [2.75, 3.05) is 5.32 Å². The van der Waals surface area contributed by atoms with E-state index in [0.29, 0.717) is 6.42 Å². The number of hydrogen-bond acceptors (Lipinski definition) is 1. The highest BCUT2D eigenvalue weighted by atomic mass is 19.2. The lowest BCUT2D eigenvalue weighted by molar-refractivity contribution is 0.381. The molecule has 94 valence electrons. The van der Waals surface area contributed by atoms with Crippen LogP contribution >= 0.6 is 0 Å². The van der Waals surface area contributed by atoms with Gasteiger partial charge in [0, 0.05) is 6.04 Å². The molecule has 1 aromatic carbocycles. The van der Waals surface area contributed by atoms with E-state index in [1.165, 1.54) is 13.0 Å². The van der Waals surface area contributed by atoms with E-state index in [9.17, 15) is 22.0 Å². The Bertz CT molecular complexity index is 415. The van der Waals surface area contributed by atoms with Gasteiger partial charge in [-0.3, -0.25) is 0 Å². The topological polar surface area (TPSA) is 12.0 Å². The normalized spacial score (nSPS) is 12.4. The summed E-state index contributed by atoms with van der Waals surface area (Å²) >= 11 is 0. The summed E-state index contributed by atoms with van der Waals surface area (Å²) in [4.78, 5) is 0. The van der Waals surface area contributed by atoms with Gasteiger partial charge >= 0.3 is 0 Å². The monoisotopic (exact) mass is 251 g/mol. The minimum absolute atomic E-state index is 0.319. The molecule has 0 aromatic heterocycles. The van der Waals surface area contributed by atoms with Crippen LogP contribution < -0.4 is 5.32 Å². The summed E-state index contributed by atoms with van der Waals surface area (Å²) in [5, 5.41) is 2.22. The van der Waals surface area contributed by atoms with E-state index in [4.69, 9.17) is 0 Å². The molecule has 0 aliphatic heterocycles. The number of rotatable bonds is 4. The van der Waals surface area contributed by atoms with Crippen LogP contribution in [-0.4, -0.2) is 6.04 Å². The summed E-state index contributed by atoms with van der Waals surface area (Å²) < 4.78 is 64.7. The second kappa shape index (κ2) is 5.16. The predicted octanol–water partition coefficient (Wildman–Crippen LogP) is 3.76. The van der Waals surface area contributed by atoms with Crippen LogP contribution in [0.5, 0.6) is 0 Å². The van der Waals surface area contributed by atoms with Crippen molar-refractivity contribution < 1.29 is 22.0 Å². The maximum Gasteiger partial charge on any atom is 0.200 e. The fourth-order valence-corrected chi connectivity index (χ4v) is 1.29. The van der Waals surface area contributed by atoms with Crippen molar-refractivity contribution in [3.05, 3.63) is 41.7 Å². The standard InChI is InChI=1S/C11H10F5N/c1-3-4-5(2)17-11-9(15)7(13)6(12)8(14)10(11)16/h3,5,17H,1,4H2,2H3. The number of halogens is 5. The van der Waals surface area contributed by atoms with E-state index in [1.807, 2.05) is 0 Å². The summed E-state index contributed by atoms with van der Waals surface area (Å²) in [6, 6.07) is -0.499. The molecule has 17 heavy (non-hydrogen) atoms. The van der Waals surface area contributed by atoms with Crippen LogP contribution in [0, 0.1) is 29.1 Å². The fourth-order valence-electron chi connectivity index (χ4n) is 1.29. The molecule has 0 radical (unpaired) electrons. The zero-order chi connectivity index (χ0) is 13.2. The quantitative estimate of drug-likeness (QED) is 0.372. The summed E-state index contributed by atoms with van der Waals surface area (Å²) in [6.45, 7) is 4.93. The zero-order valence-electron chi connectivity index (χ0n) is 8.96. The van der Waals surface area contributed by atoms with Crippen LogP contribution in [0.2, 0.25) is 0 Å². The van der Waals surface area contributed by atoms with Crippen LogP contribution in [0.4, 0.5) is 27.6 Å². The molecule has 0 amide bonds. The van der Waals surface area contributed by atoms with Gasteiger partial charge in [0.25, 0.3) is 0 Å². The summed E-state index contributed by atoms with van der Waals surface area (Å²) in [5.74, 6) is -9.81. The Labute approximate surface area is 94.9 Å². The van der Waals surface area contributed by atoms with Crippen molar-refractivity contribution in [3.8, 4) is 0 Å². The third kappa shape index (κ3) is 2.57. The van der Waals surface area contributed by atoms with Gasteiger partial charge < -0.3 is 5.32 Å². The van der Waals surface area contributed by atoms with Gasteiger partial charge in [-0.05, 0) is 13.3 Å². The van der Waals surface area contributed by atoms with E-state index in [2.05, 4.69) is 11.9 Å². The molecule has 0 aliphatic rings. The SMILES string of the molecule is C=CCC(C)Nc1c(F)c(F)c(F)c(F)c1F. The van der Waals surface area contributed by atoms with Gasteiger partial charge in [0.2, 0.25) is 5.82 Å². The number of anilines is 1. The molecule has 0 heterocycles. The maximum absolute atomic E-state index is 13.2. The highest BCUT2D eigenvalue weighted by Gasteiger charge is 2.26. The lowest BCUT2D eigenvalue weighted by atomic mass is 10.2. The molecular formula is C11H10F5N. The van der Waals surface area contributed by atoms with Crippen molar-refractivity contribution >= 4 is 5.69 Å². The minimum Gasteiger partial charge on any atom is -0.377 e. The first-order chi connectivity index (χ1) is 7.90. The van der Waals surface area contributed by atoms with Gasteiger partial charge in [0.05, 0.1) is 0 Å². The Morgan fingerprint density at radius 2 is 1.41 bits per heavy atom. The molecule has 6 heteroatoms. The molecule has 0 fully saturated rings. The summed E-state index contributed by atoms with van der Waals surface area (Å²) in [5.41, 5.74) is -1.02. The van der Waals surface area contributed by atoms with Gasteiger partial charge in [-0.25, -0.2) is 22.0 Å². The van der Waals surface area contributed by atoms with Crippen LogP contribution in [0.3, 0.4) is 0 Å². The fraction of sp³-hybridized carbons (Fsp3) is 0.273. The van der Waals surface area contributed by atoms with E-state index in [0.717, 1.165) is 0 Å². The van der Waals surface area contributed by atoms with Crippen molar-refractivity contribution in [2.45, 2.75) is 19.4 Å². The predicted molar refractivity (Wildman–Crippen MR) is 54.1 cm³/mol. The van der Waals surface area contributed by atoms with E-state index >= 15 is 0 Å². The average molecular weight is 251 g/mol. The van der Waals surface area contributed by atoms with Gasteiger partial charge in [0.1, 0.15) is 5.69 Å². The van der Waals surface area contributed by atoms with Gasteiger partial charge in [-0.15, -0.1) is 6.58 Å². The van der Waals surface area contributed by atoms with Gasteiger partial charge in [-0.1, -0.05) is 6.08 Å². The van der Waals surface area contributed by atoms with Crippen molar-refractivity contribution in [1.29, 1.82) is 0 Å². The average Bonchev–Trinajstić information content (AvgIpc) is 2.30. The van der Waals surface area contributed by atoms with Crippen LogP contribution in [-0.2, 0) is 0 Å². The molecule has 1 N–H and O–H groups in total. The first kappa shape index (κ1) is 13.5. The molecule has 1 aromatic rings. The molecule has 0 aliphatic carbocycles. The van der Waals surface area contributed by atoms with Crippen molar-refractivity contribution in [3.63, 3.8) is 0 Å². The Kier molecular flexibility index (Phi) is 4.09. The smallest absolute Gasteiger partial charge is 0.200 e. The van der Waals surface area contributed by atoms with Crippen LogP contribution in [0.25, 0.3) is 0 Å². The largest absolute Gasteiger partial charge is 0.377 e. The highest BCUT2D eigenvalue weighted by Crippen LogP contribution is 2.27. The van der Waals surface area contributed by atoms with Gasteiger partial charge in [-0.2, -0.15) is 0 Å². The Hall–Kier alpha value is -1.59. The van der Waals surface area contributed by atoms with E-state index in [-0.39, 0.29) is 0 Å². The summed E-state index contributed by atoms with van der Waals surface area (Å²) in [6.07, 6.45) is 1.78. The van der Waals surface area contributed by atoms with Crippen LogP contribution in [0.15, 0.2) is 12.7 Å². The van der Waals surface area contributed by atoms with Crippen molar-refractivity contribution in [1.82, 2.24) is 0 Å². The molecule has 1 rings (SSSR count). The summed E-state index contributed by atoms with van der Waals surface area (Å²) in [7, 11) is 0. The molecule has 0 bridgehead atoms. The highest BCUT2D eigenvalue weighted by molar-refractivity contribution is 5.48.